The van der Waals surface area contributed by atoms with Crippen LogP contribution >= 0.6 is 0 Å². The third-order valence-corrected chi connectivity index (χ3v) is 7.71. The molecule has 0 aliphatic heterocycles. The maximum absolute atomic E-state index is 12.6. The van der Waals surface area contributed by atoms with Crippen LogP contribution in [0.3, 0.4) is 0 Å². The lowest BCUT2D eigenvalue weighted by atomic mass is 10.4. The molecular formula is C27H27F2NO7S2. The first-order valence-corrected chi connectivity index (χ1v) is 14.0. The molecule has 3 aromatic carbocycles. The first kappa shape index (κ1) is 31.5. The number of carbonyl (C=O) groups excluding carboxylic acids is 2. The second kappa shape index (κ2) is 15.0. The number of alkyl halides is 2. The van der Waals surface area contributed by atoms with Crippen LogP contribution in [0.15, 0.2) is 118 Å². The van der Waals surface area contributed by atoms with Gasteiger partial charge in [0.15, 0.2) is 31.4 Å². The monoisotopic (exact) mass is 579 g/mol. The Morgan fingerprint density at radius 2 is 1.28 bits per heavy atom. The number of rotatable bonds is 10. The number of ether oxygens (including phenoxy) is 2. The van der Waals surface area contributed by atoms with E-state index in [9.17, 15) is 31.3 Å². The molecule has 39 heavy (non-hydrogen) atoms. The Bertz CT molecular complexity index is 1230. The summed E-state index contributed by atoms with van der Waals surface area (Å²) in [5.74, 6) is -0.704. The zero-order valence-corrected chi connectivity index (χ0v) is 22.6. The normalized spacial score (nSPS) is 11.1. The van der Waals surface area contributed by atoms with E-state index in [1.165, 1.54) is 21.6 Å². The molecule has 0 aliphatic rings. The molecule has 0 bridgehead atoms. The quantitative estimate of drug-likeness (QED) is 0.121. The largest absolute Gasteiger partial charge is 0.743 e. The standard InChI is InChI=1S/C18H15S.C9H13F2NO7S/c1-4-10-16(11-5-1)19(17-12-6-2-7-13-17)18-14-8-3-9-15-18;1-6(2)7(13)18-4-3-12-8(14)19-5-9(10,11)20(15,16)17/h1-15H;1,3-5H2,2H3,(H,12,14)(H,15,16,17)/q+1;/p-1. The van der Waals surface area contributed by atoms with Crippen molar-refractivity contribution in [3.05, 3.63) is 103 Å². The summed E-state index contributed by atoms with van der Waals surface area (Å²) in [6.45, 7) is 2.26. The third-order valence-electron chi connectivity index (χ3n) is 4.63. The number of carbonyl (C=O) groups is 2. The van der Waals surface area contributed by atoms with E-state index < -0.39 is 34.0 Å². The summed E-state index contributed by atoms with van der Waals surface area (Å²) >= 11 is 0. The molecule has 0 radical (unpaired) electrons. The lowest BCUT2D eigenvalue weighted by Crippen LogP contribution is -2.37. The fraction of sp³-hybridized carbons (Fsp3) is 0.185. The van der Waals surface area contributed by atoms with E-state index in [0.717, 1.165) is 0 Å². The van der Waals surface area contributed by atoms with E-state index in [4.69, 9.17) is 0 Å². The fourth-order valence-electron chi connectivity index (χ4n) is 2.77. The Hall–Kier alpha value is -3.74. The molecule has 0 fully saturated rings. The molecule has 1 amide bonds. The van der Waals surface area contributed by atoms with Crippen LogP contribution < -0.4 is 5.32 Å². The Morgan fingerprint density at radius 3 is 1.64 bits per heavy atom. The number of hydrogen-bond donors (Lipinski definition) is 1. The molecule has 208 valence electrons. The van der Waals surface area contributed by atoms with Crippen LogP contribution in [0.25, 0.3) is 0 Å². The van der Waals surface area contributed by atoms with E-state index >= 15 is 0 Å². The SMILES string of the molecule is C=C(C)C(=O)OCCNC(=O)OCC(F)(F)S(=O)(=O)[O-].c1ccc([S+](c2ccccc2)c2ccccc2)cc1. The van der Waals surface area contributed by atoms with Crippen molar-refractivity contribution in [1.29, 1.82) is 0 Å². The molecule has 3 rings (SSSR count). The van der Waals surface area contributed by atoms with Crippen LogP contribution in [-0.4, -0.2) is 50.0 Å². The molecule has 0 aliphatic carbocycles. The molecule has 12 heteroatoms. The van der Waals surface area contributed by atoms with Crippen molar-refractivity contribution in [2.45, 2.75) is 26.9 Å². The lowest BCUT2D eigenvalue weighted by molar-refractivity contribution is -0.138. The van der Waals surface area contributed by atoms with Gasteiger partial charge >= 0.3 is 17.3 Å². The van der Waals surface area contributed by atoms with Gasteiger partial charge in [-0.25, -0.2) is 18.0 Å². The first-order chi connectivity index (χ1) is 18.4. The zero-order chi connectivity index (χ0) is 28.9. The minimum Gasteiger partial charge on any atom is -0.743 e. The minimum absolute atomic E-state index is 0.0146. The fourth-order valence-corrected chi connectivity index (χ4v) is 5.08. The summed E-state index contributed by atoms with van der Waals surface area (Å²) in [4.78, 5) is 25.8. The lowest BCUT2D eigenvalue weighted by Gasteiger charge is -2.19. The highest BCUT2D eigenvalue weighted by Crippen LogP contribution is 2.30. The molecule has 0 spiro atoms. The summed E-state index contributed by atoms with van der Waals surface area (Å²) in [6, 6.07) is 32.2. The van der Waals surface area contributed by atoms with Crippen molar-refractivity contribution >= 4 is 33.1 Å². The molecular weight excluding hydrogens is 552 g/mol. The molecule has 0 aromatic heterocycles. The second-order valence-corrected chi connectivity index (χ2v) is 11.3. The minimum atomic E-state index is -5.91. The van der Waals surface area contributed by atoms with Crippen molar-refractivity contribution in [3.8, 4) is 0 Å². The highest BCUT2D eigenvalue weighted by Gasteiger charge is 2.39. The van der Waals surface area contributed by atoms with E-state index in [-0.39, 0.29) is 29.6 Å². The van der Waals surface area contributed by atoms with Gasteiger partial charge in [-0.3, -0.25) is 0 Å². The molecule has 1 N–H and O–H groups in total. The predicted molar refractivity (Wildman–Crippen MR) is 141 cm³/mol. The summed E-state index contributed by atoms with van der Waals surface area (Å²) in [6.07, 6.45) is -1.39. The van der Waals surface area contributed by atoms with Gasteiger partial charge in [0.1, 0.15) is 6.61 Å². The van der Waals surface area contributed by atoms with Crippen LogP contribution in [0.1, 0.15) is 6.92 Å². The van der Waals surface area contributed by atoms with Crippen molar-refractivity contribution in [2.75, 3.05) is 19.8 Å². The molecule has 0 atom stereocenters. The number of nitrogens with one attached hydrogen (secondary N) is 1. The van der Waals surface area contributed by atoms with Crippen molar-refractivity contribution < 1.29 is 40.8 Å². The maximum atomic E-state index is 12.6. The molecule has 8 nitrogen and oxygen atoms in total. The van der Waals surface area contributed by atoms with Gasteiger partial charge in [-0.15, -0.1) is 0 Å². The summed E-state index contributed by atoms with van der Waals surface area (Å²) < 4.78 is 63.8. The van der Waals surface area contributed by atoms with Gasteiger partial charge in [-0.2, -0.15) is 8.78 Å². The Balaban J connectivity index is 0.000000273. The summed E-state index contributed by atoms with van der Waals surface area (Å²) in [5, 5.41) is -2.81. The predicted octanol–water partition coefficient (Wildman–Crippen LogP) is 4.75. The third kappa shape index (κ3) is 10.5. The van der Waals surface area contributed by atoms with E-state index in [1.807, 2.05) is 5.32 Å². The van der Waals surface area contributed by atoms with E-state index in [1.54, 1.807) is 0 Å². The van der Waals surface area contributed by atoms with Crippen LogP contribution in [0.2, 0.25) is 0 Å². The number of alkyl carbamates (subject to hydrolysis) is 1. The van der Waals surface area contributed by atoms with Gasteiger partial charge < -0.3 is 19.3 Å². The number of esters is 1. The zero-order valence-electron chi connectivity index (χ0n) is 20.9. The first-order valence-electron chi connectivity index (χ1n) is 11.4. The Morgan fingerprint density at radius 1 is 0.872 bits per heavy atom. The Labute approximate surface area is 228 Å². The summed E-state index contributed by atoms with van der Waals surface area (Å²) in [5.41, 5.74) is 0.132. The highest BCUT2D eigenvalue weighted by molar-refractivity contribution is 7.97. The topological polar surface area (TPSA) is 122 Å². The van der Waals surface area contributed by atoms with Crippen molar-refractivity contribution in [1.82, 2.24) is 5.32 Å². The number of amides is 1. The average molecular weight is 580 g/mol. The van der Waals surface area contributed by atoms with Gasteiger partial charge in [0, 0.05) is 5.57 Å². The van der Waals surface area contributed by atoms with Gasteiger partial charge in [0.25, 0.3) is 0 Å². The van der Waals surface area contributed by atoms with E-state index in [0.29, 0.717) is 0 Å². The van der Waals surface area contributed by atoms with Gasteiger partial charge in [-0.1, -0.05) is 61.2 Å². The number of halogens is 2. The van der Waals surface area contributed by atoms with Gasteiger partial charge in [0.05, 0.1) is 17.4 Å². The van der Waals surface area contributed by atoms with Crippen molar-refractivity contribution in [3.63, 3.8) is 0 Å². The van der Waals surface area contributed by atoms with Crippen LogP contribution in [0.4, 0.5) is 13.6 Å². The van der Waals surface area contributed by atoms with Gasteiger partial charge in [-0.05, 0) is 43.3 Å². The molecule has 0 saturated carbocycles. The van der Waals surface area contributed by atoms with Crippen LogP contribution in [0, 0.1) is 0 Å². The second-order valence-electron chi connectivity index (χ2n) is 7.76. The van der Waals surface area contributed by atoms with Gasteiger partial charge in [0.2, 0.25) is 0 Å². The highest BCUT2D eigenvalue weighted by atomic mass is 32.2. The number of benzene rings is 3. The van der Waals surface area contributed by atoms with Crippen molar-refractivity contribution in [2.24, 2.45) is 0 Å². The smallest absolute Gasteiger partial charge is 0.407 e. The molecule has 0 heterocycles. The van der Waals surface area contributed by atoms with Crippen LogP contribution in [-0.2, 0) is 35.3 Å². The molecule has 3 aromatic rings. The maximum Gasteiger partial charge on any atom is 0.407 e. The molecule has 0 unspecified atom stereocenters. The van der Waals surface area contributed by atoms with E-state index in [2.05, 4.69) is 107 Å². The summed E-state index contributed by atoms with van der Waals surface area (Å²) in [7, 11) is -5.93. The Kier molecular flexibility index (Phi) is 12.1. The number of hydrogen-bond acceptors (Lipinski definition) is 7. The van der Waals surface area contributed by atoms with Crippen LogP contribution in [0.5, 0.6) is 0 Å². The average Bonchev–Trinajstić information content (AvgIpc) is 2.91. The molecule has 0 saturated heterocycles.